The second-order valence-electron chi connectivity index (χ2n) is 4.45. The van der Waals surface area contributed by atoms with Crippen molar-refractivity contribution in [1.82, 2.24) is 0 Å². The Balaban J connectivity index is 0. The van der Waals surface area contributed by atoms with Gasteiger partial charge in [-0.05, 0) is 19.1 Å². The van der Waals surface area contributed by atoms with Crippen LogP contribution in [0, 0.1) is 0 Å². The summed E-state index contributed by atoms with van der Waals surface area (Å²) in [5.41, 5.74) is 0.675. The molecule has 0 spiro atoms. The number of rotatable bonds is 8. The molecule has 22 heavy (non-hydrogen) atoms. The number of benzene rings is 1. The topological polar surface area (TPSA) is 96.3 Å². The standard InChI is InChI=1S/C13H21NO6S.Na.H/c1-4-14(8-10(15)9-21(16,17)18)11-6-5-7-12(19-2)13(11)20-3;;/h5-7,10,15H,4,8-9H2,1-3H3,(H,16,17,18);;/q;+1;-1. The molecule has 0 radical (unpaired) electrons. The van der Waals surface area contributed by atoms with Gasteiger partial charge in [0.25, 0.3) is 10.1 Å². The van der Waals surface area contributed by atoms with Crippen LogP contribution in [0.5, 0.6) is 11.5 Å². The number of ether oxygens (including phenoxy) is 2. The van der Waals surface area contributed by atoms with Gasteiger partial charge < -0.3 is 20.9 Å². The van der Waals surface area contributed by atoms with Crippen molar-refractivity contribution in [3.8, 4) is 11.5 Å². The maximum absolute atomic E-state index is 10.8. The Bertz CT molecular complexity index is 572. The van der Waals surface area contributed by atoms with E-state index in [1.165, 1.54) is 14.2 Å². The van der Waals surface area contributed by atoms with Gasteiger partial charge in [-0.2, -0.15) is 8.42 Å². The molecule has 7 nitrogen and oxygen atoms in total. The predicted octanol–water partition coefficient (Wildman–Crippen LogP) is -2.10. The van der Waals surface area contributed by atoms with Crippen molar-refractivity contribution in [3.05, 3.63) is 18.2 Å². The van der Waals surface area contributed by atoms with E-state index in [0.29, 0.717) is 23.7 Å². The fourth-order valence-corrected chi connectivity index (χ4v) is 2.66. The molecule has 0 bridgehead atoms. The van der Waals surface area contributed by atoms with Gasteiger partial charge >= 0.3 is 29.6 Å². The zero-order valence-electron chi connectivity index (χ0n) is 14.3. The average molecular weight is 343 g/mol. The van der Waals surface area contributed by atoms with E-state index < -0.39 is 22.0 Å². The van der Waals surface area contributed by atoms with Crippen LogP contribution in [-0.4, -0.2) is 57.2 Å². The smallest absolute Gasteiger partial charge is 1.00 e. The zero-order chi connectivity index (χ0) is 16.0. The minimum absolute atomic E-state index is 0. The summed E-state index contributed by atoms with van der Waals surface area (Å²) in [7, 11) is -1.20. The number of likely N-dealkylation sites (N-methyl/N-ethyl adjacent to an activating group) is 1. The first-order valence-corrected chi connectivity index (χ1v) is 8.02. The van der Waals surface area contributed by atoms with Gasteiger partial charge in [0.1, 0.15) is 5.75 Å². The molecular formula is C13H22NNaO6S. The van der Waals surface area contributed by atoms with Crippen LogP contribution in [0.25, 0.3) is 0 Å². The predicted molar refractivity (Wildman–Crippen MR) is 81.0 cm³/mol. The third-order valence-corrected chi connectivity index (χ3v) is 3.74. The van der Waals surface area contributed by atoms with Crippen LogP contribution < -0.4 is 43.9 Å². The summed E-state index contributed by atoms with van der Waals surface area (Å²) in [6.45, 7) is 2.42. The van der Waals surface area contributed by atoms with Gasteiger partial charge in [-0.3, -0.25) is 4.55 Å². The van der Waals surface area contributed by atoms with Crippen LogP contribution in [0.3, 0.4) is 0 Å². The first-order valence-electron chi connectivity index (χ1n) is 6.41. The van der Waals surface area contributed by atoms with Crippen molar-refractivity contribution in [2.24, 2.45) is 0 Å². The van der Waals surface area contributed by atoms with E-state index in [1.807, 2.05) is 6.92 Å². The molecule has 1 unspecified atom stereocenters. The summed E-state index contributed by atoms with van der Waals surface area (Å²) >= 11 is 0. The molecule has 0 saturated carbocycles. The number of nitrogens with zero attached hydrogens (tertiary/aromatic N) is 1. The normalized spacial score (nSPS) is 12.2. The third-order valence-electron chi connectivity index (χ3n) is 2.94. The molecule has 0 aliphatic heterocycles. The van der Waals surface area contributed by atoms with Crippen LogP contribution in [0.2, 0.25) is 0 Å². The largest absolute Gasteiger partial charge is 1.00 e. The number of anilines is 1. The van der Waals surface area contributed by atoms with Crippen LogP contribution >= 0.6 is 0 Å². The summed E-state index contributed by atoms with van der Waals surface area (Å²) in [6.07, 6.45) is -1.21. The van der Waals surface area contributed by atoms with Crippen molar-refractivity contribution in [1.29, 1.82) is 0 Å². The van der Waals surface area contributed by atoms with E-state index in [2.05, 4.69) is 0 Å². The quantitative estimate of drug-likeness (QED) is 0.412. The fraction of sp³-hybridized carbons (Fsp3) is 0.538. The van der Waals surface area contributed by atoms with E-state index in [9.17, 15) is 13.5 Å². The SMILES string of the molecule is CCN(CC(O)CS(=O)(=O)O)c1cccc(OC)c1OC.[H-].[Na+]. The van der Waals surface area contributed by atoms with E-state index in [0.717, 1.165) is 0 Å². The van der Waals surface area contributed by atoms with Gasteiger partial charge in [0, 0.05) is 13.1 Å². The second-order valence-corrected chi connectivity index (χ2v) is 5.95. The molecule has 9 heteroatoms. The molecule has 0 aromatic heterocycles. The fourth-order valence-electron chi connectivity index (χ4n) is 2.07. The minimum atomic E-state index is -4.22. The molecule has 0 aliphatic carbocycles. The number of hydrogen-bond donors (Lipinski definition) is 2. The zero-order valence-corrected chi connectivity index (χ0v) is 16.1. The summed E-state index contributed by atoms with van der Waals surface area (Å²) in [6, 6.07) is 5.30. The summed E-state index contributed by atoms with van der Waals surface area (Å²) in [5.74, 6) is 0.328. The molecule has 122 valence electrons. The van der Waals surface area contributed by atoms with Gasteiger partial charge in [0.05, 0.1) is 26.0 Å². The van der Waals surface area contributed by atoms with Gasteiger partial charge in [-0.25, -0.2) is 0 Å². The Kier molecular flexibility index (Phi) is 9.37. The molecule has 0 heterocycles. The van der Waals surface area contributed by atoms with Crippen molar-refractivity contribution in [3.63, 3.8) is 0 Å². The maximum Gasteiger partial charge on any atom is 1.00 e. The van der Waals surface area contributed by atoms with Crippen LogP contribution in [-0.2, 0) is 10.1 Å². The minimum Gasteiger partial charge on any atom is -1.00 e. The molecule has 0 aliphatic rings. The van der Waals surface area contributed by atoms with E-state index in [1.54, 1.807) is 23.1 Å². The molecular weight excluding hydrogens is 321 g/mol. The van der Waals surface area contributed by atoms with Crippen molar-refractivity contribution in [2.75, 3.05) is 38.0 Å². The Morgan fingerprint density at radius 2 is 1.95 bits per heavy atom. The Morgan fingerprint density at radius 1 is 1.32 bits per heavy atom. The summed E-state index contributed by atoms with van der Waals surface area (Å²) in [4.78, 5) is 1.75. The Labute approximate surface area is 154 Å². The number of aliphatic hydroxyl groups excluding tert-OH is 1. The van der Waals surface area contributed by atoms with Crippen molar-refractivity contribution < 1.29 is 58.5 Å². The van der Waals surface area contributed by atoms with Gasteiger partial charge in [0.2, 0.25) is 0 Å². The monoisotopic (exact) mass is 343 g/mol. The van der Waals surface area contributed by atoms with Crippen LogP contribution in [0.15, 0.2) is 18.2 Å². The molecule has 1 aromatic carbocycles. The van der Waals surface area contributed by atoms with Gasteiger partial charge in [-0.15, -0.1) is 0 Å². The first-order chi connectivity index (χ1) is 9.82. The van der Waals surface area contributed by atoms with Crippen LogP contribution in [0.1, 0.15) is 8.35 Å². The number of methoxy groups -OCH3 is 2. The Morgan fingerprint density at radius 3 is 2.41 bits per heavy atom. The molecule has 0 saturated heterocycles. The molecule has 1 rings (SSSR count). The molecule has 1 atom stereocenters. The third kappa shape index (κ3) is 6.31. The summed E-state index contributed by atoms with van der Waals surface area (Å²) < 4.78 is 40.9. The number of aliphatic hydroxyl groups is 1. The maximum atomic E-state index is 10.8. The summed E-state index contributed by atoms with van der Waals surface area (Å²) in [5, 5.41) is 9.78. The number of para-hydroxylation sites is 1. The van der Waals surface area contributed by atoms with Crippen molar-refractivity contribution in [2.45, 2.75) is 13.0 Å². The van der Waals surface area contributed by atoms with E-state index >= 15 is 0 Å². The van der Waals surface area contributed by atoms with E-state index in [-0.39, 0.29) is 37.5 Å². The Hall–Kier alpha value is -0.510. The first kappa shape index (κ1) is 21.5. The van der Waals surface area contributed by atoms with Gasteiger partial charge in [-0.1, -0.05) is 6.07 Å². The van der Waals surface area contributed by atoms with Gasteiger partial charge in [0.15, 0.2) is 11.5 Å². The van der Waals surface area contributed by atoms with Crippen LogP contribution in [0.4, 0.5) is 5.69 Å². The van der Waals surface area contributed by atoms with E-state index in [4.69, 9.17) is 14.0 Å². The van der Waals surface area contributed by atoms with Crippen molar-refractivity contribution >= 4 is 15.8 Å². The number of hydrogen-bond acceptors (Lipinski definition) is 6. The molecule has 1 aromatic rings. The second kappa shape index (κ2) is 9.59. The average Bonchev–Trinajstić information content (AvgIpc) is 2.41. The molecule has 0 fully saturated rings. The molecule has 0 amide bonds. The molecule has 2 N–H and O–H groups in total.